The second-order valence-electron chi connectivity index (χ2n) is 6.83. The highest BCUT2D eigenvalue weighted by molar-refractivity contribution is 5.97. The standard InChI is InChI=1S/C20H22N4O5/c1-12-8-14(16(24(27)28)9-13(12)2)22-19(25)11-23-10-18(20(26)21-3)29-17-7-5-4-6-15(17)23/h4-9,18H,10-11H2,1-3H3,(H,21,26)(H,22,25)/t18-/m1/s1. The Morgan fingerprint density at radius 2 is 1.93 bits per heavy atom. The molecule has 3 rings (SSSR count). The molecular formula is C20H22N4O5. The van der Waals surface area contributed by atoms with Crippen LogP contribution in [-0.2, 0) is 9.59 Å². The molecular weight excluding hydrogens is 376 g/mol. The van der Waals surface area contributed by atoms with Crippen molar-refractivity contribution < 1.29 is 19.2 Å². The summed E-state index contributed by atoms with van der Waals surface area (Å²) in [5.41, 5.74) is 2.27. The number of nitrogens with one attached hydrogen (secondary N) is 2. The van der Waals surface area contributed by atoms with Gasteiger partial charge in [0.05, 0.1) is 23.7 Å². The number of nitro benzene ring substituents is 1. The van der Waals surface area contributed by atoms with Crippen LogP contribution in [0.15, 0.2) is 36.4 Å². The third-order valence-electron chi connectivity index (χ3n) is 4.82. The molecule has 0 radical (unpaired) electrons. The van der Waals surface area contributed by atoms with E-state index in [0.717, 1.165) is 11.1 Å². The van der Waals surface area contributed by atoms with Crippen LogP contribution >= 0.6 is 0 Å². The van der Waals surface area contributed by atoms with E-state index in [1.807, 2.05) is 13.0 Å². The number of carbonyl (C=O) groups excluding carboxylic acids is 2. The molecule has 0 aliphatic carbocycles. The molecule has 1 aliphatic rings. The molecule has 2 amide bonds. The quantitative estimate of drug-likeness (QED) is 0.589. The molecule has 9 nitrogen and oxygen atoms in total. The number of fused-ring (bicyclic) bond motifs is 1. The van der Waals surface area contributed by atoms with Crippen LogP contribution in [0.5, 0.6) is 5.75 Å². The smallest absolute Gasteiger partial charge is 0.293 e. The molecule has 29 heavy (non-hydrogen) atoms. The molecule has 2 N–H and O–H groups in total. The Kier molecular flexibility index (Phi) is 5.67. The van der Waals surface area contributed by atoms with E-state index >= 15 is 0 Å². The number of para-hydroxylation sites is 2. The molecule has 0 bridgehead atoms. The van der Waals surface area contributed by atoms with Crippen LogP contribution in [0.1, 0.15) is 11.1 Å². The Hall–Kier alpha value is -3.62. The Bertz CT molecular complexity index is 975. The fraction of sp³-hybridized carbons (Fsp3) is 0.300. The van der Waals surface area contributed by atoms with Crippen LogP contribution in [-0.4, -0.2) is 43.0 Å². The van der Waals surface area contributed by atoms with Gasteiger partial charge in [0.2, 0.25) is 5.91 Å². The molecule has 0 saturated heterocycles. The van der Waals surface area contributed by atoms with E-state index in [1.165, 1.54) is 13.1 Å². The largest absolute Gasteiger partial charge is 0.477 e. The van der Waals surface area contributed by atoms with Crippen molar-refractivity contribution in [3.8, 4) is 5.75 Å². The maximum atomic E-state index is 12.7. The van der Waals surface area contributed by atoms with E-state index in [-0.39, 0.29) is 30.4 Å². The summed E-state index contributed by atoms with van der Waals surface area (Å²) in [6.07, 6.45) is -0.765. The van der Waals surface area contributed by atoms with Gasteiger partial charge in [-0.25, -0.2) is 0 Å². The predicted molar refractivity (Wildman–Crippen MR) is 108 cm³/mol. The van der Waals surface area contributed by atoms with Crippen molar-refractivity contribution in [2.24, 2.45) is 0 Å². The Morgan fingerprint density at radius 1 is 1.24 bits per heavy atom. The number of anilines is 2. The molecule has 0 aromatic heterocycles. The first-order chi connectivity index (χ1) is 13.8. The lowest BCUT2D eigenvalue weighted by molar-refractivity contribution is -0.384. The van der Waals surface area contributed by atoms with Crippen LogP contribution in [0.4, 0.5) is 17.1 Å². The first-order valence-corrected chi connectivity index (χ1v) is 9.08. The van der Waals surface area contributed by atoms with Crippen LogP contribution in [0, 0.1) is 24.0 Å². The second kappa shape index (κ2) is 8.17. The number of carbonyl (C=O) groups is 2. The zero-order chi connectivity index (χ0) is 21.1. The lowest BCUT2D eigenvalue weighted by atomic mass is 10.1. The van der Waals surface area contributed by atoms with Gasteiger partial charge in [0.25, 0.3) is 11.6 Å². The number of amides is 2. The molecule has 0 spiro atoms. The maximum Gasteiger partial charge on any atom is 0.293 e. The van der Waals surface area contributed by atoms with Crippen molar-refractivity contribution in [1.29, 1.82) is 0 Å². The normalized spacial score (nSPS) is 15.1. The highest BCUT2D eigenvalue weighted by Crippen LogP contribution is 2.33. The Morgan fingerprint density at radius 3 is 2.62 bits per heavy atom. The van der Waals surface area contributed by atoms with Gasteiger partial charge in [0.15, 0.2) is 6.10 Å². The first kappa shape index (κ1) is 20.1. The van der Waals surface area contributed by atoms with Gasteiger partial charge < -0.3 is 20.3 Å². The molecule has 0 saturated carbocycles. The SMILES string of the molecule is CNC(=O)[C@H]1CN(CC(=O)Nc2cc(C)c(C)cc2[N+](=O)[O-])c2ccccc2O1. The van der Waals surface area contributed by atoms with Crippen molar-refractivity contribution >= 4 is 28.9 Å². The minimum Gasteiger partial charge on any atom is -0.477 e. The molecule has 9 heteroatoms. The molecule has 2 aromatic rings. The fourth-order valence-electron chi connectivity index (χ4n) is 3.17. The molecule has 2 aromatic carbocycles. The summed E-state index contributed by atoms with van der Waals surface area (Å²) in [6.45, 7) is 3.69. The zero-order valence-corrected chi connectivity index (χ0v) is 16.4. The summed E-state index contributed by atoms with van der Waals surface area (Å²) in [7, 11) is 1.52. The van der Waals surface area contributed by atoms with E-state index < -0.39 is 16.9 Å². The van der Waals surface area contributed by atoms with Gasteiger partial charge >= 0.3 is 0 Å². The lowest BCUT2D eigenvalue weighted by Crippen LogP contribution is -2.50. The van der Waals surface area contributed by atoms with Gasteiger partial charge in [-0.15, -0.1) is 0 Å². The van der Waals surface area contributed by atoms with Crippen molar-refractivity contribution in [3.05, 3.63) is 57.6 Å². The third kappa shape index (κ3) is 4.29. The van der Waals surface area contributed by atoms with Crippen LogP contribution in [0.3, 0.4) is 0 Å². The first-order valence-electron chi connectivity index (χ1n) is 9.08. The average molecular weight is 398 g/mol. The van der Waals surface area contributed by atoms with Gasteiger partial charge in [0, 0.05) is 13.1 Å². The highest BCUT2D eigenvalue weighted by Gasteiger charge is 2.31. The number of ether oxygens (including phenoxy) is 1. The number of hydrogen-bond acceptors (Lipinski definition) is 6. The number of rotatable bonds is 5. The monoisotopic (exact) mass is 398 g/mol. The van der Waals surface area contributed by atoms with Gasteiger partial charge in [0.1, 0.15) is 11.4 Å². The van der Waals surface area contributed by atoms with Gasteiger partial charge in [-0.05, 0) is 43.2 Å². The van der Waals surface area contributed by atoms with Crippen molar-refractivity contribution in [1.82, 2.24) is 5.32 Å². The minimum absolute atomic E-state index is 0.0854. The molecule has 1 atom stereocenters. The number of benzene rings is 2. The van der Waals surface area contributed by atoms with E-state index in [1.54, 1.807) is 36.1 Å². The second-order valence-corrected chi connectivity index (χ2v) is 6.83. The van der Waals surface area contributed by atoms with Gasteiger partial charge in [-0.3, -0.25) is 19.7 Å². The number of nitro groups is 1. The van der Waals surface area contributed by atoms with E-state index in [0.29, 0.717) is 11.4 Å². The van der Waals surface area contributed by atoms with Crippen molar-refractivity contribution in [3.63, 3.8) is 0 Å². The van der Waals surface area contributed by atoms with Crippen LogP contribution in [0.2, 0.25) is 0 Å². The summed E-state index contributed by atoms with van der Waals surface area (Å²) in [5, 5.41) is 16.5. The molecule has 0 unspecified atom stereocenters. The van der Waals surface area contributed by atoms with E-state index in [4.69, 9.17) is 4.74 Å². The fourth-order valence-corrected chi connectivity index (χ4v) is 3.17. The molecule has 0 fully saturated rings. The maximum absolute atomic E-state index is 12.7. The number of likely N-dealkylation sites (N-methyl/N-ethyl adjacent to an activating group) is 1. The van der Waals surface area contributed by atoms with Crippen LogP contribution in [0.25, 0.3) is 0 Å². The average Bonchev–Trinajstić information content (AvgIpc) is 2.69. The summed E-state index contributed by atoms with van der Waals surface area (Å²) < 4.78 is 5.72. The van der Waals surface area contributed by atoms with E-state index in [9.17, 15) is 19.7 Å². The highest BCUT2D eigenvalue weighted by atomic mass is 16.6. The number of hydrogen-bond donors (Lipinski definition) is 2. The van der Waals surface area contributed by atoms with Gasteiger partial charge in [-0.1, -0.05) is 12.1 Å². The van der Waals surface area contributed by atoms with Crippen molar-refractivity contribution in [2.75, 3.05) is 30.4 Å². The van der Waals surface area contributed by atoms with Gasteiger partial charge in [-0.2, -0.15) is 0 Å². The lowest BCUT2D eigenvalue weighted by Gasteiger charge is -2.34. The summed E-state index contributed by atoms with van der Waals surface area (Å²) >= 11 is 0. The summed E-state index contributed by atoms with van der Waals surface area (Å²) in [6, 6.07) is 10.1. The predicted octanol–water partition coefficient (Wildman–Crippen LogP) is 2.16. The zero-order valence-electron chi connectivity index (χ0n) is 16.4. The molecule has 1 heterocycles. The molecule has 1 aliphatic heterocycles. The third-order valence-corrected chi connectivity index (χ3v) is 4.82. The van der Waals surface area contributed by atoms with E-state index in [2.05, 4.69) is 10.6 Å². The topological polar surface area (TPSA) is 114 Å². The minimum atomic E-state index is -0.765. The van der Waals surface area contributed by atoms with Crippen molar-refractivity contribution in [2.45, 2.75) is 20.0 Å². The Balaban J connectivity index is 1.82. The summed E-state index contributed by atoms with van der Waals surface area (Å²) in [4.78, 5) is 37.3. The Labute approximate surface area is 167 Å². The van der Waals surface area contributed by atoms with Crippen LogP contribution < -0.4 is 20.3 Å². The summed E-state index contributed by atoms with van der Waals surface area (Å²) in [5.74, 6) is -0.226. The molecule has 152 valence electrons. The number of aryl methyl sites for hydroxylation is 2. The number of nitrogens with zero attached hydrogens (tertiary/aromatic N) is 2.